The summed E-state index contributed by atoms with van der Waals surface area (Å²) in [5.41, 5.74) is 0. The van der Waals surface area contributed by atoms with Gasteiger partial charge in [0.25, 0.3) is 0 Å². The standard InChI is InChI=1S/C12H21N3S2.HI/c1-10(11-5-4-7-17-11)9-15-12(13-2)14-6-8-16-3;/h4-5,7,10H,6,8-9H2,1-3H3,(H2,13,14,15);1H. The second-order valence-corrected chi connectivity index (χ2v) is 5.75. The maximum absolute atomic E-state index is 4.20. The average Bonchev–Trinajstić information content (AvgIpc) is 2.87. The van der Waals surface area contributed by atoms with E-state index < -0.39 is 0 Å². The Kier molecular flexibility index (Phi) is 11.0. The zero-order valence-corrected chi connectivity index (χ0v) is 15.1. The van der Waals surface area contributed by atoms with Gasteiger partial charge in [-0.15, -0.1) is 35.3 Å². The molecule has 0 amide bonds. The summed E-state index contributed by atoms with van der Waals surface area (Å²) in [6.45, 7) is 4.10. The molecule has 0 saturated heterocycles. The average molecular weight is 399 g/mol. The Morgan fingerprint density at radius 1 is 1.50 bits per heavy atom. The fourth-order valence-electron chi connectivity index (χ4n) is 1.41. The van der Waals surface area contributed by atoms with E-state index in [1.807, 2.05) is 30.1 Å². The number of nitrogens with zero attached hydrogens (tertiary/aromatic N) is 1. The van der Waals surface area contributed by atoms with E-state index in [4.69, 9.17) is 0 Å². The van der Waals surface area contributed by atoms with Crippen molar-refractivity contribution in [1.29, 1.82) is 0 Å². The molecule has 0 bridgehead atoms. The molecule has 0 fully saturated rings. The summed E-state index contributed by atoms with van der Waals surface area (Å²) in [5.74, 6) is 2.51. The number of hydrogen-bond acceptors (Lipinski definition) is 3. The van der Waals surface area contributed by atoms with Gasteiger partial charge in [-0.25, -0.2) is 0 Å². The van der Waals surface area contributed by atoms with Crippen molar-refractivity contribution in [3.05, 3.63) is 22.4 Å². The van der Waals surface area contributed by atoms with Crippen LogP contribution in [-0.4, -0.2) is 38.1 Å². The number of rotatable bonds is 6. The lowest BCUT2D eigenvalue weighted by molar-refractivity contribution is 0.713. The van der Waals surface area contributed by atoms with Gasteiger partial charge < -0.3 is 10.6 Å². The lowest BCUT2D eigenvalue weighted by Crippen LogP contribution is -2.39. The summed E-state index contributed by atoms with van der Waals surface area (Å²) >= 11 is 3.64. The first-order valence-electron chi connectivity index (χ1n) is 5.74. The van der Waals surface area contributed by atoms with Crippen LogP contribution in [0, 0.1) is 0 Å². The van der Waals surface area contributed by atoms with Gasteiger partial charge in [0.05, 0.1) is 0 Å². The molecule has 6 heteroatoms. The molecule has 1 aromatic heterocycles. The number of nitrogens with one attached hydrogen (secondary N) is 2. The van der Waals surface area contributed by atoms with Crippen LogP contribution in [0.2, 0.25) is 0 Å². The van der Waals surface area contributed by atoms with Gasteiger partial charge in [0.15, 0.2) is 5.96 Å². The molecule has 0 saturated carbocycles. The minimum Gasteiger partial charge on any atom is -0.356 e. The highest BCUT2D eigenvalue weighted by Crippen LogP contribution is 2.19. The zero-order valence-electron chi connectivity index (χ0n) is 11.1. The van der Waals surface area contributed by atoms with Crippen LogP contribution in [0.3, 0.4) is 0 Å². The molecule has 0 aromatic carbocycles. The summed E-state index contributed by atoms with van der Waals surface area (Å²) in [6.07, 6.45) is 2.11. The second kappa shape index (κ2) is 10.9. The third-order valence-corrected chi connectivity index (χ3v) is 4.14. The molecule has 0 radical (unpaired) electrons. The van der Waals surface area contributed by atoms with Gasteiger partial charge in [-0.05, 0) is 17.7 Å². The first kappa shape index (κ1) is 18.0. The Morgan fingerprint density at radius 3 is 2.83 bits per heavy atom. The predicted octanol–water partition coefficient (Wildman–Crippen LogP) is 3.00. The van der Waals surface area contributed by atoms with Crippen molar-refractivity contribution in [2.75, 3.05) is 32.1 Å². The van der Waals surface area contributed by atoms with E-state index in [1.165, 1.54) is 4.88 Å². The number of thioether (sulfide) groups is 1. The fraction of sp³-hybridized carbons (Fsp3) is 0.583. The Hall–Kier alpha value is 0.0500. The van der Waals surface area contributed by atoms with Crippen LogP contribution in [0.4, 0.5) is 0 Å². The molecule has 0 aliphatic rings. The van der Waals surface area contributed by atoms with Gasteiger partial charge in [-0.1, -0.05) is 13.0 Å². The van der Waals surface area contributed by atoms with Crippen molar-refractivity contribution in [2.24, 2.45) is 4.99 Å². The number of halogens is 1. The number of hydrogen-bond donors (Lipinski definition) is 2. The first-order chi connectivity index (χ1) is 8.27. The quantitative estimate of drug-likeness (QED) is 0.334. The van der Waals surface area contributed by atoms with Gasteiger partial charge in [0, 0.05) is 36.7 Å². The SMILES string of the molecule is CN=C(NCCSC)NCC(C)c1cccs1.I. The van der Waals surface area contributed by atoms with Crippen LogP contribution in [0.5, 0.6) is 0 Å². The minimum absolute atomic E-state index is 0. The van der Waals surface area contributed by atoms with E-state index in [-0.39, 0.29) is 24.0 Å². The van der Waals surface area contributed by atoms with Crippen LogP contribution >= 0.6 is 47.1 Å². The van der Waals surface area contributed by atoms with Crippen LogP contribution < -0.4 is 10.6 Å². The van der Waals surface area contributed by atoms with Gasteiger partial charge in [-0.3, -0.25) is 4.99 Å². The highest BCUT2D eigenvalue weighted by Gasteiger charge is 2.06. The third-order valence-electron chi connectivity index (χ3n) is 2.43. The monoisotopic (exact) mass is 399 g/mol. The zero-order chi connectivity index (χ0) is 12.5. The molecule has 18 heavy (non-hydrogen) atoms. The van der Waals surface area contributed by atoms with Gasteiger partial charge in [0.1, 0.15) is 0 Å². The van der Waals surface area contributed by atoms with Crippen molar-refractivity contribution in [1.82, 2.24) is 10.6 Å². The summed E-state index contributed by atoms with van der Waals surface area (Å²) in [5, 5.41) is 8.77. The van der Waals surface area contributed by atoms with E-state index in [1.54, 1.807) is 0 Å². The van der Waals surface area contributed by atoms with Gasteiger partial charge in [0.2, 0.25) is 0 Å². The molecule has 3 nitrogen and oxygen atoms in total. The van der Waals surface area contributed by atoms with E-state index in [2.05, 4.69) is 46.3 Å². The molecule has 1 atom stereocenters. The second-order valence-electron chi connectivity index (χ2n) is 3.79. The molecule has 104 valence electrons. The topological polar surface area (TPSA) is 36.4 Å². The summed E-state index contributed by atoms with van der Waals surface area (Å²) in [7, 11) is 1.81. The molecular weight excluding hydrogens is 377 g/mol. The lowest BCUT2D eigenvalue weighted by atomic mass is 10.1. The first-order valence-corrected chi connectivity index (χ1v) is 8.02. The van der Waals surface area contributed by atoms with Crippen LogP contribution in [0.25, 0.3) is 0 Å². The van der Waals surface area contributed by atoms with E-state index in [9.17, 15) is 0 Å². The largest absolute Gasteiger partial charge is 0.356 e. The maximum Gasteiger partial charge on any atom is 0.191 e. The van der Waals surface area contributed by atoms with Crippen LogP contribution in [0.1, 0.15) is 17.7 Å². The Balaban J connectivity index is 0.00000289. The van der Waals surface area contributed by atoms with Crippen LogP contribution in [-0.2, 0) is 0 Å². The molecule has 1 unspecified atom stereocenters. The highest BCUT2D eigenvalue weighted by molar-refractivity contribution is 14.0. The molecule has 0 aliphatic heterocycles. The molecule has 1 heterocycles. The highest BCUT2D eigenvalue weighted by atomic mass is 127. The number of guanidine groups is 1. The Labute approximate surface area is 135 Å². The molecule has 0 aliphatic carbocycles. The molecule has 1 aromatic rings. The van der Waals surface area contributed by atoms with Gasteiger partial charge >= 0.3 is 0 Å². The lowest BCUT2D eigenvalue weighted by Gasteiger charge is -2.14. The summed E-state index contributed by atoms with van der Waals surface area (Å²) < 4.78 is 0. The van der Waals surface area contributed by atoms with E-state index in [0.717, 1.165) is 24.8 Å². The van der Waals surface area contributed by atoms with Crippen molar-refractivity contribution in [2.45, 2.75) is 12.8 Å². The molecule has 0 spiro atoms. The molecule has 2 N–H and O–H groups in total. The third kappa shape index (κ3) is 6.84. The number of thiophene rings is 1. The van der Waals surface area contributed by atoms with Crippen molar-refractivity contribution < 1.29 is 0 Å². The number of aliphatic imine (C=N–C) groups is 1. The maximum atomic E-state index is 4.20. The molecule has 1 rings (SSSR count). The van der Waals surface area contributed by atoms with Crippen molar-refractivity contribution in [3.8, 4) is 0 Å². The smallest absolute Gasteiger partial charge is 0.191 e. The minimum atomic E-state index is 0. The van der Waals surface area contributed by atoms with E-state index >= 15 is 0 Å². The van der Waals surface area contributed by atoms with Crippen molar-refractivity contribution in [3.63, 3.8) is 0 Å². The predicted molar refractivity (Wildman–Crippen MR) is 95.9 cm³/mol. The van der Waals surface area contributed by atoms with Crippen LogP contribution in [0.15, 0.2) is 22.5 Å². The van der Waals surface area contributed by atoms with Gasteiger partial charge in [-0.2, -0.15) is 11.8 Å². The fourth-order valence-corrected chi connectivity index (χ4v) is 2.51. The Morgan fingerprint density at radius 2 is 2.28 bits per heavy atom. The molecular formula is C12H22IN3S2. The normalized spacial score (nSPS) is 12.7. The summed E-state index contributed by atoms with van der Waals surface area (Å²) in [4.78, 5) is 5.62. The van der Waals surface area contributed by atoms with E-state index in [0.29, 0.717) is 5.92 Å². The summed E-state index contributed by atoms with van der Waals surface area (Å²) in [6, 6.07) is 4.28. The van der Waals surface area contributed by atoms with Crippen molar-refractivity contribution >= 4 is 53.0 Å². The Bertz CT molecular complexity index is 328.